The Bertz CT molecular complexity index is 955. The molecule has 0 fully saturated rings. The second-order valence-corrected chi connectivity index (χ2v) is 7.33. The fraction of sp³-hybridized carbons (Fsp3) is 0.125. The molecule has 0 spiro atoms. The summed E-state index contributed by atoms with van der Waals surface area (Å²) in [4.78, 5) is 13.5. The van der Waals surface area contributed by atoms with E-state index in [1.54, 1.807) is 30.5 Å². The summed E-state index contributed by atoms with van der Waals surface area (Å²) in [5.74, 6) is -0.295. The first-order valence-corrected chi connectivity index (χ1v) is 9.26. The normalized spacial score (nSPS) is 13.2. The summed E-state index contributed by atoms with van der Waals surface area (Å²) in [6.45, 7) is 0. The maximum Gasteiger partial charge on any atom is 0.271 e. The van der Waals surface area contributed by atoms with Crippen LogP contribution in [0.25, 0.3) is 10.2 Å². The molecule has 5 nitrogen and oxygen atoms in total. The molecule has 1 N–H and O–H groups in total. The molecule has 0 saturated carbocycles. The molecule has 3 rings (SSSR count). The lowest BCUT2D eigenvalue weighted by Crippen LogP contribution is -2.23. The molecule has 23 heavy (non-hydrogen) atoms. The molecule has 0 unspecified atom stereocenters. The van der Waals surface area contributed by atoms with Crippen molar-refractivity contribution in [2.45, 2.75) is 4.90 Å². The topological polar surface area (TPSA) is 63.5 Å². The Balaban J connectivity index is 1.84. The standard InChI is InChI=1S/C16H15N3O2S2/c1-19-13-5-3-4-6-14(13)22-16(19)18-17-15(20)11-7-9-12(10-8-11)23(2)21/h3-10H,1-2H3,(H,17,20)/t23-/m0/s1. The number of nitrogens with zero attached hydrogens (tertiary/aromatic N) is 2. The molecule has 1 aromatic heterocycles. The molecule has 0 aliphatic heterocycles. The zero-order chi connectivity index (χ0) is 16.4. The quantitative estimate of drug-likeness (QED) is 0.740. The van der Waals surface area contributed by atoms with E-state index < -0.39 is 10.8 Å². The Hall–Kier alpha value is -2.25. The van der Waals surface area contributed by atoms with E-state index in [2.05, 4.69) is 10.5 Å². The number of hydrogen-bond donors (Lipinski definition) is 1. The second kappa shape index (κ2) is 6.47. The van der Waals surface area contributed by atoms with E-state index in [1.807, 2.05) is 35.9 Å². The van der Waals surface area contributed by atoms with Gasteiger partial charge in [-0.25, -0.2) is 5.43 Å². The molecule has 0 saturated heterocycles. The number of aryl methyl sites for hydroxylation is 1. The van der Waals surface area contributed by atoms with Crippen LogP contribution in [-0.2, 0) is 17.8 Å². The lowest BCUT2D eigenvalue weighted by molar-refractivity contribution is 0.0953. The van der Waals surface area contributed by atoms with E-state index in [-0.39, 0.29) is 5.91 Å². The van der Waals surface area contributed by atoms with Crippen molar-refractivity contribution in [2.24, 2.45) is 12.1 Å². The molecule has 0 aliphatic carbocycles. The van der Waals surface area contributed by atoms with Crippen molar-refractivity contribution in [1.29, 1.82) is 0 Å². The number of carbonyl (C=O) groups is 1. The number of benzene rings is 2. The van der Waals surface area contributed by atoms with Gasteiger partial charge in [0.25, 0.3) is 5.91 Å². The molecule has 118 valence electrons. The highest BCUT2D eigenvalue weighted by atomic mass is 32.2. The number of fused-ring (bicyclic) bond motifs is 1. The molecule has 0 bridgehead atoms. The number of rotatable bonds is 3. The van der Waals surface area contributed by atoms with Crippen molar-refractivity contribution >= 4 is 38.3 Å². The molecule has 0 radical (unpaired) electrons. The highest BCUT2D eigenvalue weighted by molar-refractivity contribution is 7.84. The van der Waals surface area contributed by atoms with Gasteiger partial charge in [0.15, 0.2) is 0 Å². The fourth-order valence-electron chi connectivity index (χ4n) is 2.15. The maximum atomic E-state index is 12.1. The van der Waals surface area contributed by atoms with Crippen LogP contribution in [0.15, 0.2) is 58.5 Å². The third-order valence-corrected chi connectivity index (χ3v) is 5.47. The van der Waals surface area contributed by atoms with Crippen LogP contribution < -0.4 is 10.2 Å². The van der Waals surface area contributed by atoms with Crippen LogP contribution in [-0.4, -0.2) is 20.9 Å². The van der Waals surface area contributed by atoms with E-state index in [1.165, 1.54) is 11.3 Å². The molecule has 3 aromatic rings. The third-order valence-electron chi connectivity index (χ3n) is 3.42. The van der Waals surface area contributed by atoms with Crippen molar-refractivity contribution in [3.8, 4) is 0 Å². The Kier molecular flexibility index (Phi) is 4.40. The summed E-state index contributed by atoms with van der Waals surface area (Å²) in [5, 5.41) is 4.20. The molecule has 1 atom stereocenters. The summed E-state index contributed by atoms with van der Waals surface area (Å²) >= 11 is 1.51. The number of nitrogens with one attached hydrogen (secondary N) is 1. The lowest BCUT2D eigenvalue weighted by atomic mass is 10.2. The monoisotopic (exact) mass is 345 g/mol. The van der Waals surface area contributed by atoms with E-state index in [0.29, 0.717) is 15.3 Å². The van der Waals surface area contributed by atoms with Crippen LogP contribution in [0.4, 0.5) is 0 Å². The van der Waals surface area contributed by atoms with Gasteiger partial charge >= 0.3 is 0 Å². The van der Waals surface area contributed by atoms with Crippen LogP contribution in [0.1, 0.15) is 10.4 Å². The van der Waals surface area contributed by atoms with Gasteiger partial charge in [0.2, 0.25) is 4.80 Å². The fourth-order valence-corrected chi connectivity index (χ4v) is 3.65. The summed E-state index contributed by atoms with van der Waals surface area (Å²) < 4.78 is 14.4. The molecule has 0 aliphatic rings. The van der Waals surface area contributed by atoms with Gasteiger partial charge < -0.3 is 4.57 Å². The zero-order valence-electron chi connectivity index (χ0n) is 12.6. The predicted molar refractivity (Wildman–Crippen MR) is 92.6 cm³/mol. The SMILES string of the molecule is Cn1c(=NNC(=O)c2ccc([S@](C)=O)cc2)sc2ccccc21. The third kappa shape index (κ3) is 3.25. The smallest absolute Gasteiger partial charge is 0.271 e. The van der Waals surface area contributed by atoms with E-state index in [4.69, 9.17) is 0 Å². The van der Waals surface area contributed by atoms with Crippen LogP contribution >= 0.6 is 11.3 Å². The average molecular weight is 345 g/mol. The molecular formula is C16H15N3O2S2. The molecule has 1 heterocycles. The first kappa shape index (κ1) is 15.6. The van der Waals surface area contributed by atoms with Crippen molar-refractivity contribution in [2.75, 3.05) is 6.26 Å². The van der Waals surface area contributed by atoms with Crippen LogP contribution in [0, 0.1) is 0 Å². The number of hydrogen-bond acceptors (Lipinski definition) is 4. The molecule has 2 aromatic carbocycles. The Labute approximate surface area is 139 Å². The number of para-hydroxylation sites is 1. The van der Waals surface area contributed by atoms with Gasteiger partial charge in [0.1, 0.15) is 0 Å². The second-order valence-electron chi connectivity index (χ2n) is 4.94. The Morgan fingerprint density at radius 2 is 1.87 bits per heavy atom. The van der Waals surface area contributed by atoms with Gasteiger partial charge in [-0.1, -0.05) is 23.5 Å². The summed E-state index contributed by atoms with van der Waals surface area (Å²) in [6, 6.07) is 14.6. The summed E-state index contributed by atoms with van der Waals surface area (Å²) in [5.41, 5.74) is 4.11. The first-order valence-electron chi connectivity index (χ1n) is 6.88. The Morgan fingerprint density at radius 1 is 1.17 bits per heavy atom. The maximum absolute atomic E-state index is 12.1. The predicted octanol–water partition coefficient (Wildman–Crippen LogP) is 2.22. The molecule has 1 amide bonds. The van der Waals surface area contributed by atoms with Crippen molar-refractivity contribution in [1.82, 2.24) is 9.99 Å². The highest BCUT2D eigenvalue weighted by Crippen LogP contribution is 2.15. The number of thiazole rings is 1. The van der Waals surface area contributed by atoms with Gasteiger partial charge in [-0.05, 0) is 36.4 Å². The van der Waals surface area contributed by atoms with Gasteiger partial charge in [0, 0.05) is 34.6 Å². The first-order chi connectivity index (χ1) is 11.1. The van der Waals surface area contributed by atoms with Crippen LogP contribution in [0.3, 0.4) is 0 Å². The molecular weight excluding hydrogens is 330 g/mol. The van der Waals surface area contributed by atoms with Crippen molar-refractivity contribution in [3.05, 3.63) is 58.9 Å². The van der Waals surface area contributed by atoms with Crippen LogP contribution in [0.2, 0.25) is 0 Å². The van der Waals surface area contributed by atoms with Gasteiger partial charge in [-0.3, -0.25) is 9.00 Å². The van der Waals surface area contributed by atoms with Gasteiger partial charge in [-0.2, -0.15) is 0 Å². The van der Waals surface area contributed by atoms with E-state index >= 15 is 0 Å². The van der Waals surface area contributed by atoms with Crippen molar-refractivity contribution in [3.63, 3.8) is 0 Å². The highest BCUT2D eigenvalue weighted by Gasteiger charge is 2.06. The largest absolute Gasteiger partial charge is 0.318 e. The lowest BCUT2D eigenvalue weighted by Gasteiger charge is -2.01. The average Bonchev–Trinajstić information content (AvgIpc) is 2.89. The summed E-state index contributed by atoms with van der Waals surface area (Å²) in [6.07, 6.45) is 1.60. The van der Waals surface area contributed by atoms with Crippen molar-refractivity contribution < 1.29 is 9.00 Å². The number of carbonyl (C=O) groups excluding carboxylic acids is 1. The van der Waals surface area contributed by atoms with Gasteiger partial charge in [-0.15, -0.1) is 5.10 Å². The minimum Gasteiger partial charge on any atom is -0.318 e. The number of amides is 1. The Morgan fingerprint density at radius 3 is 2.52 bits per heavy atom. The van der Waals surface area contributed by atoms with Crippen LogP contribution in [0.5, 0.6) is 0 Å². The minimum absolute atomic E-state index is 0.295. The summed E-state index contributed by atoms with van der Waals surface area (Å²) in [7, 11) is 0.859. The molecule has 7 heteroatoms. The minimum atomic E-state index is -1.05. The van der Waals surface area contributed by atoms with E-state index in [9.17, 15) is 9.00 Å². The zero-order valence-corrected chi connectivity index (χ0v) is 14.3. The van der Waals surface area contributed by atoms with Gasteiger partial charge in [0.05, 0.1) is 10.2 Å². The number of aromatic nitrogens is 1. The van der Waals surface area contributed by atoms with E-state index in [0.717, 1.165) is 10.2 Å².